The zero-order valence-corrected chi connectivity index (χ0v) is 7.90. The highest BCUT2D eigenvalue weighted by Gasteiger charge is 2.09. The topological polar surface area (TPSA) is 42.2 Å². The SMILES string of the molecule is CCn1ccc2c(C(=O)O)cccc21. The maximum absolute atomic E-state index is 10.9. The average molecular weight is 189 g/mol. The molecule has 0 saturated carbocycles. The molecule has 0 amide bonds. The lowest BCUT2D eigenvalue weighted by atomic mass is 10.1. The van der Waals surface area contributed by atoms with E-state index in [0.29, 0.717) is 5.56 Å². The van der Waals surface area contributed by atoms with Crippen LogP contribution in [-0.2, 0) is 6.54 Å². The summed E-state index contributed by atoms with van der Waals surface area (Å²) in [5, 5.41) is 9.76. The van der Waals surface area contributed by atoms with Gasteiger partial charge in [0.1, 0.15) is 0 Å². The zero-order valence-electron chi connectivity index (χ0n) is 7.90. The van der Waals surface area contributed by atoms with Crippen LogP contribution in [0.2, 0.25) is 0 Å². The van der Waals surface area contributed by atoms with Gasteiger partial charge in [-0.25, -0.2) is 4.79 Å². The maximum atomic E-state index is 10.9. The van der Waals surface area contributed by atoms with E-state index in [2.05, 4.69) is 0 Å². The van der Waals surface area contributed by atoms with Crippen molar-refractivity contribution >= 4 is 16.9 Å². The summed E-state index contributed by atoms with van der Waals surface area (Å²) in [6, 6.07) is 7.19. The predicted molar refractivity (Wildman–Crippen MR) is 54.6 cm³/mol. The van der Waals surface area contributed by atoms with Gasteiger partial charge in [0.15, 0.2) is 0 Å². The first-order chi connectivity index (χ1) is 6.74. The second kappa shape index (κ2) is 3.18. The van der Waals surface area contributed by atoms with Crippen LogP contribution in [-0.4, -0.2) is 15.6 Å². The number of benzene rings is 1. The van der Waals surface area contributed by atoms with Crippen LogP contribution in [0.4, 0.5) is 0 Å². The quantitative estimate of drug-likeness (QED) is 0.787. The van der Waals surface area contributed by atoms with Crippen molar-refractivity contribution in [1.82, 2.24) is 4.57 Å². The number of nitrogens with zero attached hydrogens (tertiary/aromatic N) is 1. The highest BCUT2D eigenvalue weighted by atomic mass is 16.4. The number of rotatable bonds is 2. The summed E-state index contributed by atoms with van der Waals surface area (Å²) in [5.74, 6) is -0.871. The van der Waals surface area contributed by atoms with Gasteiger partial charge in [0.25, 0.3) is 0 Å². The highest BCUT2D eigenvalue weighted by Crippen LogP contribution is 2.20. The fraction of sp³-hybridized carbons (Fsp3) is 0.182. The van der Waals surface area contributed by atoms with E-state index in [1.54, 1.807) is 12.1 Å². The molecule has 3 nitrogen and oxygen atoms in total. The molecule has 2 aromatic rings. The van der Waals surface area contributed by atoms with Gasteiger partial charge in [0, 0.05) is 23.6 Å². The third-order valence-corrected chi connectivity index (χ3v) is 2.38. The molecular formula is C11H11NO2. The van der Waals surface area contributed by atoms with E-state index in [1.807, 2.05) is 29.8 Å². The van der Waals surface area contributed by atoms with Gasteiger partial charge in [-0.2, -0.15) is 0 Å². The first-order valence-electron chi connectivity index (χ1n) is 4.55. The van der Waals surface area contributed by atoms with Gasteiger partial charge in [-0.05, 0) is 25.1 Å². The van der Waals surface area contributed by atoms with Crippen LogP contribution in [0.1, 0.15) is 17.3 Å². The number of aromatic nitrogens is 1. The summed E-state index contributed by atoms with van der Waals surface area (Å²) >= 11 is 0. The van der Waals surface area contributed by atoms with Crippen molar-refractivity contribution in [2.24, 2.45) is 0 Å². The molecule has 2 rings (SSSR count). The summed E-state index contributed by atoms with van der Waals surface area (Å²) in [6.07, 6.45) is 1.91. The molecule has 1 aromatic carbocycles. The molecule has 1 N–H and O–H groups in total. The standard InChI is InChI=1S/C11H11NO2/c1-2-12-7-6-8-9(11(13)14)4-3-5-10(8)12/h3-7H,2H2,1H3,(H,13,14). The van der Waals surface area contributed by atoms with Crippen LogP contribution in [0, 0.1) is 0 Å². The minimum atomic E-state index is -0.871. The van der Waals surface area contributed by atoms with Crippen molar-refractivity contribution in [2.45, 2.75) is 13.5 Å². The van der Waals surface area contributed by atoms with Crippen LogP contribution in [0.3, 0.4) is 0 Å². The Morgan fingerprint density at radius 3 is 2.86 bits per heavy atom. The molecule has 0 aliphatic rings. The molecule has 0 saturated heterocycles. The Bertz CT molecular complexity index is 485. The molecule has 0 radical (unpaired) electrons. The van der Waals surface area contributed by atoms with Crippen molar-refractivity contribution in [1.29, 1.82) is 0 Å². The predicted octanol–water partition coefficient (Wildman–Crippen LogP) is 2.36. The third-order valence-electron chi connectivity index (χ3n) is 2.38. The van der Waals surface area contributed by atoms with Crippen LogP contribution in [0.5, 0.6) is 0 Å². The van der Waals surface area contributed by atoms with Gasteiger partial charge in [0.2, 0.25) is 0 Å². The monoisotopic (exact) mass is 189 g/mol. The molecule has 1 heterocycles. The molecule has 0 spiro atoms. The number of fused-ring (bicyclic) bond motifs is 1. The van der Waals surface area contributed by atoms with Crippen molar-refractivity contribution in [3.8, 4) is 0 Å². The van der Waals surface area contributed by atoms with Crippen molar-refractivity contribution < 1.29 is 9.90 Å². The summed E-state index contributed by atoms with van der Waals surface area (Å²) in [5.41, 5.74) is 1.35. The molecule has 72 valence electrons. The van der Waals surface area contributed by atoms with Gasteiger partial charge < -0.3 is 9.67 Å². The molecule has 0 fully saturated rings. The van der Waals surface area contributed by atoms with E-state index < -0.39 is 5.97 Å². The van der Waals surface area contributed by atoms with E-state index in [0.717, 1.165) is 17.4 Å². The number of aryl methyl sites for hydroxylation is 1. The molecule has 3 heteroatoms. The van der Waals surface area contributed by atoms with E-state index in [9.17, 15) is 4.79 Å². The Balaban J connectivity index is 2.76. The summed E-state index contributed by atoms with van der Waals surface area (Å²) < 4.78 is 2.03. The summed E-state index contributed by atoms with van der Waals surface area (Å²) in [6.45, 7) is 2.89. The van der Waals surface area contributed by atoms with Crippen molar-refractivity contribution in [2.75, 3.05) is 0 Å². The lowest BCUT2D eigenvalue weighted by Gasteiger charge is -2.01. The Hall–Kier alpha value is -1.77. The highest BCUT2D eigenvalue weighted by molar-refractivity contribution is 6.02. The Labute approximate surface area is 81.6 Å². The van der Waals surface area contributed by atoms with Crippen LogP contribution in [0.25, 0.3) is 10.9 Å². The van der Waals surface area contributed by atoms with E-state index in [1.165, 1.54) is 0 Å². The molecule has 0 atom stereocenters. The van der Waals surface area contributed by atoms with Crippen LogP contribution >= 0.6 is 0 Å². The number of carboxylic acid groups (broad SMARTS) is 1. The van der Waals surface area contributed by atoms with Crippen LogP contribution < -0.4 is 0 Å². The average Bonchev–Trinajstić information content (AvgIpc) is 2.59. The van der Waals surface area contributed by atoms with Gasteiger partial charge >= 0.3 is 5.97 Å². The minimum absolute atomic E-state index is 0.370. The van der Waals surface area contributed by atoms with Gasteiger partial charge in [-0.15, -0.1) is 0 Å². The fourth-order valence-corrected chi connectivity index (χ4v) is 1.69. The van der Waals surface area contributed by atoms with Crippen LogP contribution in [0.15, 0.2) is 30.5 Å². The second-order valence-electron chi connectivity index (χ2n) is 3.15. The largest absolute Gasteiger partial charge is 0.478 e. The fourth-order valence-electron chi connectivity index (χ4n) is 1.69. The summed E-state index contributed by atoms with van der Waals surface area (Å²) in [7, 11) is 0. The van der Waals surface area contributed by atoms with E-state index in [-0.39, 0.29) is 0 Å². The minimum Gasteiger partial charge on any atom is -0.478 e. The normalized spacial score (nSPS) is 10.6. The second-order valence-corrected chi connectivity index (χ2v) is 3.15. The van der Waals surface area contributed by atoms with Crippen molar-refractivity contribution in [3.05, 3.63) is 36.0 Å². The first kappa shape index (κ1) is 8.81. The number of hydrogen-bond donors (Lipinski definition) is 1. The number of hydrogen-bond acceptors (Lipinski definition) is 1. The van der Waals surface area contributed by atoms with Gasteiger partial charge in [0.05, 0.1) is 5.56 Å². The molecule has 0 bridgehead atoms. The van der Waals surface area contributed by atoms with E-state index >= 15 is 0 Å². The number of carboxylic acids is 1. The number of aromatic carboxylic acids is 1. The lowest BCUT2D eigenvalue weighted by molar-refractivity contribution is 0.0699. The Morgan fingerprint density at radius 2 is 2.21 bits per heavy atom. The van der Waals surface area contributed by atoms with Gasteiger partial charge in [-0.1, -0.05) is 6.07 Å². The first-order valence-corrected chi connectivity index (χ1v) is 4.55. The Kier molecular flexibility index (Phi) is 2.00. The van der Waals surface area contributed by atoms with Gasteiger partial charge in [-0.3, -0.25) is 0 Å². The van der Waals surface area contributed by atoms with E-state index in [4.69, 9.17) is 5.11 Å². The molecule has 1 aromatic heterocycles. The lowest BCUT2D eigenvalue weighted by Crippen LogP contribution is -1.97. The molecular weight excluding hydrogens is 178 g/mol. The zero-order chi connectivity index (χ0) is 10.1. The van der Waals surface area contributed by atoms with Crippen molar-refractivity contribution in [3.63, 3.8) is 0 Å². The molecule has 0 unspecified atom stereocenters. The molecule has 14 heavy (non-hydrogen) atoms. The smallest absolute Gasteiger partial charge is 0.336 e. The maximum Gasteiger partial charge on any atom is 0.336 e. The third kappa shape index (κ3) is 1.18. The number of carbonyl (C=O) groups is 1. The molecule has 0 aliphatic heterocycles. The summed E-state index contributed by atoms with van der Waals surface area (Å²) in [4.78, 5) is 10.9. The Morgan fingerprint density at radius 1 is 1.43 bits per heavy atom. The molecule has 0 aliphatic carbocycles.